The molecular formula is C24H28N4O3S. The van der Waals surface area contributed by atoms with E-state index < -0.39 is 0 Å². The first-order chi connectivity index (χ1) is 15.6. The van der Waals surface area contributed by atoms with Crippen LogP contribution in [0.15, 0.2) is 34.2 Å². The van der Waals surface area contributed by atoms with E-state index in [9.17, 15) is 4.79 Å². The van der Waals surface area contributed by atoms with Gasteiger partial charge in [0.05, 0.1) is 19.2 Å². The van der Waals surface area contributed by atoms with Crippen molar-refractivity contribution in [1.29, 1.82) is 0 Å². The zero-order chi connectivity index (χ0) is 22.1. The van der Waals surface area contributed by atoms with Gasteiger partial charge in [0.25, 0.3) is 5.91 Å². The third-order valence-electron chi connectivity index (χ3n) is 6.47. The highest BCUT2D eigenvalue weighted by atomic mass is 32.1. The molecular weight excluding hydrogens is 424 g/mol. The second-order valence-corrected chi connectivity index (χ2v) is 9.67. The molecule has 7 nitrogen and oxygen atoms in total. The fraction of sp³-hybridized carbons (Fsp3) is 0.458. The van der Waals surface area contributed by atoms with E-state index in [0.717, 1.165) is 61.8 Å². The van der Waals surface area contributed by atoms with Crippen LogP contribution in [0.25, 0.3) is 11.4 Å². The van der Waals surface area contributed by atoms with E-state index in [1.54, 1.807) is 18.4 Å². The van der Waals surface area contributed by atoms with Crippen LogP contribution in [0.1, 0.15) is 40.0 Å². The molecule has 1 amide bonds. The lowest BCUT2D eigenvalue weighted by Gasteiger charge is -2.34. The van der Waals surface area contributed by atoms with Crippen molar-refractivity contribution >= 4 is 17.2 Å². The number of carbonyl (C=O) groups is 1. The van der Waals surface area contributed by atoms with Gasteiger partial charge in [0.2, 0.25) is 11.7 Å². The van der Waals surface area contributed by atoms with E-state index in [1.165, 1.54) is 16.9 Å². The summed E-state index contributed by atoms with van der Waals surface area (Å²) in [5.41, 5.74) is 3.13. The number of methoxy groups -OCH3 is 1. The minimum absolute atomic E-state index is 0.191. The Hall–Kier alpha value is -2.71. The molecule has 1 aromatic carbocycles. The van der Waals surface area contributed by atoms with E-state index in [1.807, 2.05) is 29.2 Å². The lowest BCUT2D eigenvalue weighted by atomic mass is 9.88. The third kappa shape index (κ3) is 4.29. The number of hydrogen-bond donors (Lipinski definition) is 0. The van der Waals surface area contributed by atoms with Crippen LogP contribution in [0.3, 0.4) is 0 Å². The highest BCUT2D eigenvalue weighted by Crippen LogP contribution is 2.33. The number of hydrogen-bond acceptors (Lipinski definition) is 7. The summed E-state index contributed by atoms with van der Waals surface area (Å²) < 4.78 is 10.7. The van der Waals surface area contributed by atoms with Crippen LogP contribution in [0.5, 0.6) is 5.75 Å². The molecule has 0 spiro atoms. The van der Waals surface area contributed by atoms with Crippen molar-refractivity contribution in [2.75, 3.05) is 33.3 Å². The molecule has 3 heterocycles. The zero-order valence-electron chi connectivity index (χ0n) is 18.5. The van der Waals surface area contributed by atoms with Crippen molar-refractivity contribution in [1.82, 2.24) is 19.9 Å². The standard InChI is InChI=1S/C24H28N4O3S/c1-16-3-8-19-20(15-32-21(19)13-16)24(29)28-11-9-27(10-12-28)14-22-25-23(26-31-22)17-4-6-18(30-2)7-5-17/h4-7,15-16H,3,8-14H2,1-2H3. The Labute approximate surface area is 192 Å². The summed E-state index contributed by atoms with van der Waals surface area (Å²) in [6.07, 6.45) is 3.33. The molecule has 2 aliphatic rings. The van der Waals surface area contributed by atoms with Gasteiger partial charge in [-0.15, -0.1) is 11.3 Å². The molecule has 32 heavy (non-hydrogen) atoms. The molecule has 5 rings (SSSR count). The molecule has 0 radical (unpaired) electrons. The van der Waals surface area contributed by atoms with Gasteiger partial charge in [-0.3, -0.25) is 9.69 Å². The summed E-state index contributed by atoms with van der Waals surface area (Å²) in [7, 11) is 1.64. The maximum Gasteiger partial charge on any atom is 0.255 e. The number of ether oxygens (including phenoxy) is 1. The Morgan fingerprint density at radius 3 is 2.75 bits per heavy atom. The number of benzene rings is 1. The van der Waals surface area contributed by atoms with Crippen molar-refractivity contribution in [3.05, 3.63) is 51.5 Å². The van der Waals surface area contributed by atoms with E-state index in [2.05, 4.69) is 27.3 Å². The first-order valence-corrected chi connectivity index (χ1v) is 12.1. The predicted octanol–water partition coefficient (Wildman–Crippen LogP) is 3.89. The fourth-order valence-electron chi connectivity index (χ4n) is 4.50. The van der Waals surface area contributed by atoms with Crippen LogP contribution >= 0.6 is 11.3 Å². The van der Waals surface area contributed by atoms with Gasteiger partial charge >= 0.3 is 0 Å². The van der Waals surface area contributed by atoms with Gasteiger partial charge in [0.15, 0.2) is 0 Å². The summed E-state index contributed by atoms with van der Waals surface area (Å²) in [4.78, 5) is 23.4. The second-order valence-electron chi connectivity index (χ2n) is 8.71. The Balaban J connectivity index is 1.17. The summed E-state index contributed by atoms with van der Waals surface area (Å²) in [5.74, 6) is 2.88. The number of amides is 1. The van der Waals surface area contributed by atoms with Crippen LogP contribution in [0.4, 0.5) is 0 Å². The van der Waals surface area contributed by atoms with Gasteiger partial charge in [-0.2, -0.15) is 4.98 Å². The summed E-state index contributed by atoms with van der Waals surface area (Å²) >= 11 is 1.76. The largest absolute Gasteiger partial charge is 0.497 e. The van der Waals surface area contributed by atoms with E-state index in [0.29, 0.717) is 18.3 Å². The number of nitrogens with zero attached hydrogens (tertiary/aromatic N) is 4. The van der Waals surface area contributed by atoms with Gasteiger partial charge in [-0.05, 0) is 55.0 Å². The Bertz CT molecular complexity index is 1080. The predicted molar refractivity (Wildman–Crippen MR) is 123 cm³/mol. The smallest absolute Gasteiger partial charge is 0.255 e. The van der Waals surface area contributed by atoms with Crippen molar-refractivity contribution in [3.8, 4) is 17.1 Å². The normalized spacial score (nSPS) is 19.1. The molecule has 2 aromatic heterocycles. The summed E-state index contributed by atoms with van der Waals surface area (Å²) in [6, 6.07) is 7.60. The Morgan fingerprint density at radius 1 is 1.22 bits per heavy atom. The van der Waals surface area contributed by atoms with Gasteiger partial charge in [0.1, 0.15) is 5.75 Å². The lowest BCUT2D eigenvalue weighted by Crippen LogP contribution is -2.48. The third-order valence-corrected chi connectivity index (χ3v) is 7.52. The van der Waals surface area contributed by atoms with Crippen LogP contribution in [0, 0.1) is 5.92 Å². The van der Waals surface area contributed by atoms with Crippen molar-refractivity contribution < 1.29 is 14.1 Å². The highest BCUT2D eigenvalue weighted by molar-refractivity contribution is 7.10. The van der Waals surface area contributed by atoms with E-state index in [4.69, 9.17) is 9.26 Å². The van der Waals surface area contributed by atoms with Crippen LogP contribution in [-0.4, -0.2) is 59.1 Å². The second kappa shape index (κ2) is 9.03. The number of fused-ring (bicyclic) bond motifs is 1. The first kappa shape index (κ1) is 21.2. The van der Waals surface area contributed by atoms with Gasteiger partial charge in [0, 0.05) is 42.0 Å². The van der Waals surface area contributed by atoms with E-state index in [-0.39, 0.29) is 5.91 Å². The molecule has 1 atom stereocenters. The molecule has 168 valence electrons. The maximum absolute atomic E-state index is 13.1. The van der Waals surface area contributed by atoms with Gasteiger partial charge < -0.3 is 14.2 Å². The average Bonchev–Trinajstić information content (AvgIpc) is 3.46. The number of aromatic nitrogens is 2. The Kier molecular flexibility index (Phi) is 5.97. The average molecular weight is 453 g/mol. The molecule has 8 heteroatoms. The Morgan fingerprint density at radius 2 is 2.00 bits per heavy atom. The quantitative estimate of drug-likeness (QED) is 0.585. The van der Waals surface area contributed by atoms with Crippen LogP contribution in [-0.2, 0) is 19.4 Å². The number of carbonyl (C=O) groups excluding carboxylic acids is 1. The minimum atomic E-state index is 0.191. The molecule has 1 aliphatic carbocycles. The molecule has 1 aliphatic heterocycles. The monoisotopic (exact) mass is 452 g/mol. The topological polar surface area (TPSA) is 71.7 Å². The van der Waals surface area contributed by atoms with Crippen molar-refractivity contribution in [2.24, 2.45) is 5.92 Å². The molecule has 3 aromatic rings. The molecule has 1 unspecified atom stereocenters. The number of rotatable bonds is 5. The summed E-state index contributed by atoms with van der Waals surface area (Å²) in [5, 5.41) is 6.19. The summed E-state index contributed by atoms with van der Waals surface area (Å²) in [6.45, 7) is 5.94. The minimum Gasteiger partial charge on any atom is -0.497 e. The molecule has 1 saturated heterocycles. The van der Waals surface area contributed by atoms with Crippen LogP contribution < -0.4 is 4.74 Å². The molecule has 0 N–H and O–H groups in total. The highest BCUT2D eigenvalue weighted by Gasteiger charge is 2.28. The SMILES string of the molecule is COc1ccc(-c2noc(CN3CCN(C(=O)c4csc5c4CCC(C)C5)CC3)n2)cc1. The van der Waals surface area contributed by atoms with Crippen molar-refractivity contribution in [2.45, 2.75) is 32.7 Å². The maximum atomic E-state index is 13.1. The number of piperazine rings is 1. The molecule has 0 bridgehead atoms. The lowest BCUT2D eigenvalue weighted by molar-refractivity contribution is 0.0614. The molecule has 1 fully saturated rings. The van der Waals surface area contributed by atoms with Crippen molar-refractivity contribution in [3.63, 3.8) is 0 Å². The van der Waals surface area contributed by atoms with Gasteiger partial charge in [-0.1, -0.05) is 12.1 Å². The zero-order valence-corrected chi connectivity index (χ0v) is 19.4. The number of thiophene rings is 1. The first-order valence-electron chi connectivity index (χ1n) is 11.2. The van der Waals surface area contributed by atoms with Crippen LogP contribution in [0.2, 0.25) is 0 Å². The fourth-order valence-corrected chi connectivity index (χ4v) is 5.74. The van der Waals surface area contributed by atoms with Gasteiger partial charge in [-0.25, -0.2) is 0 Å². The van der Waals surface area contributed by atoms with E-state index >= 15 is 0 Å². The molecule has 0 saturated carbocycles.